The number of amides is 1. The Balaban J connectivity index is 1.32. The SMILES string of the molecule is CCn1c(SCC(=O)NCCc2c[nH]c3ccccc23)nc2ccccc21. The standard InChI is InChI=1S/C21H22N4OS/c1-2-25-19-10-6-5-9-18(19)24-21(25)27-14-20(26)22-12-11-15-13-23-17-8-4-3-7-16(15)17/h3-10,13,23H,2,11-12,14H2,1H3,(H,22,26). The molecule has 6 heteroatoms. The third-order valence-electron chi connectivity index (χ3n) is 4.66. The molecule has 4 rings (SSSR count). The highest BCUT2D eigenvalue weighted by atomic mass is 32.2. The lowest BCUT2D eigenvalue weighted by atomic mass is 10.1. The smallest absolute Gasteiger partial charge is 0.230 e. The van der Waals surface area contributed by atoms with Crippen LogP contribution < -0.4 is 5.32 Å². The first-order valence-corrected chi connectivity index (χ1v) is 10.1. The van der Waals surface area contributed by atoms with Crippen molar-refractivity contribution in [3.63, 3.8) is 0 Å². The maximum Gasteiger partial charge on any atom is 0.230 e. The summed E-state index contributed by atoms with van der Waals surface area (Å²) in [6.45, 7) is 3.57. The van der Waals surface area contributed by atoms with E-state index in [4.69, 9.17) is 0 Å². The van der Waals surface area contributed by atoms with Crippen LogP contribution in [0.4, 0.5) is 0 Å². The predicted molar refractivity (Wildman–Crippen MR) is 111 cm³/mol. The van der Waals surface area contributed by atoms with Crippen LogP contribution in [0.5, 0.6) is 0 Å². The van der Waals surface area contributed by atoms with Crippen molar-refractivity contribution < 1.29 is 4.79 Å². The number of para-hydroxylation sites is 3. The van der Waals surface area contributed by atoms with E-state index in [1.54, 1.807) is 0 Å². The maximum atomic E-state index is 12.2. The Kier molecular flexibility index (Phi) is 5.16. The second kappa shape index (κ2) is 7.88. The van der Waals surface area contributed by atoms with Crippen molar-refractivity contribution in [1.82, 2.24) is 19.9 Å². The van der Waals surface area contributed by atoms with Gasteiger partial charge in [0, 0.05) is 30.2 Å². The minimum Gasteiger partial charge on any atom is -0.361 e. The van der Waals surface area contributed by atoms with Gasteiger partial charge in [0.1, 0.15) is 0 Å². The molecule has 0 unspecified atom stereocenters. The number of hydrogen-bond donors (Lipinski definition) is 2. The number of benzene rings is 2. The largest absolute Gasteiger partial charge is 0.361 e. The molecule has 0 fully saturated rings. The molecule has 2 aromatic heterocycles. The number of H-pyrrole nitrogens is 1. The number of aromatic amines is 1. The number of carbonyl (C=O) groups excluding carboxylic acids is 1. The van der Waals surface area contributed by atoms with E-state index in [1.807, 2.05) is 36.5 Å². The molecule has 0 radical (unpaired) electrons. The molecule has 2 aromatic carbocycles. The molecule has 0 spiro atoms. The molecule has 0 atom stereocenters. The highest BCUT2D eigenvalue weighted by Crippen LogP contribution is 2.23. The number of hydrogen-bond acceptors (Lipinski definition) is 3. The fourth-order valence-electron chi connectivity index (χ4n) is 3.33. The zero-order chi connectivity index (χ0) is 18.6. The Morgan fingerprint density at radius 2 is 2.00 bits per heavy atom. The molecule has 0 bridgehead atoms. The van der Waals surface area contributed by atoms with E-state index in [0.29, 0.717) is 12.3 Å². The van der Waals surface area contributed by atoms with Crippen molar-refractivity contribution >= 4 is 39.6 Å². The van der Waals surface area contributed by atoms with Crippen LogP contribution in [0.2, 0.25) is 0 Å². The van der Waals surface area contributed by atoms with Crippen molar-refractivity contribution in [3.05, 3.63) is 60.3 Å². The maximum absolute atomic E-state index is 12.2. The average Bonchev–Trinajstić information content (AvgIpc) is 3.27. The second-order valence-corrected chi connectivity index (χ2v) is 7.32. The third kappa shape index (κ3) is 3.71. The summed E-state index contributed by atoms with van der Waals surface area (Å²) in [5, 5.41) is 5.13. The Morgan fingerprint density at radius 1 is 1.19 bits per heavy atom. The minimum absolute atomic E-state index is 0.0366. The topological polar surface area (TPSA) is 62.7 Å². The summed E-state index contributed by atoms with van der Waals surface area (Å²) in [6.07, 6.45) is 2.84. The average molecular weight is 379 g/mol. The van der Waals surface area contributed by atoms with Crippen LogP contribution in [0.25, 0.3) is 21.9 Å². The first-order chi connectivity index (χ1) is 13.3. The Morgan fingerprint density at radius 3 is 2.89 bits per heavy atom. The molecule has 0 aliphatic carbocycles. The highest BCUT2D eigenvalue weighted by Gasteiger charge is 2.11. The summed E-state index contributed by atoms with van der Waals surface area (Å²) in [4.78, 5) is 20.2. The van der Waals surface area contributed by atoms with Gasteiger partial charge < -0.3 is 14.9 Å². The molecule has 2 N–H and O–H groups in total. The second-order valence-electron chi connectivity index (χ2n) is 6.38. The Hall–Kier alpha value is -2.73. The molecule has 5 nitrogen and oxygen atoms in total. The van der Waals surface area contributed by atoms with E-state index in [1.165, 1.54) is 22.7 Å². The van der Waals surface area contributed by atoms with Gasteiger partial charge in [-0.1, -0.05) is 42.1 Å². The van der Waals surface area contributed by atoms with Crippen molar-refractivity contribution in [3.8, 4) is 0 Å². The molecule has 27 heavy (non-hydrogen) atoms. The van der Waals surface area contributed by atoms with E-state index in [9.17, 15) is 4.79 Å². The first-order valence-electron chi connectivity index (χ1n) is 9.16. The first kappa shape index (κ1) is 17.7. The summed E-state index contributed by atoms with van der Waals surface area (Å²) in [5.74, 6) is 0.409. The molecular weight excluding hydrogens is 356 g/mol. The van der Waals surface area contributed by atoms with Gasteiger partial charge in [-0.15, -0.1) is 0 Å². The van der Waals surface area contributed by atoms with Crippen LogP contribution in [-0.4, -0.2) is 32.7 Å². The summed E-state index contributed by atoms with van der Waals surface area (Å²) >= 11 is 1.49. The van der Waals surface area contributed by atoms with E-state index < -0.39 is 0 Å². The van der Waals surface area contributed by atoms with E-state index in [-0.39, 0.29) is 5.91 Å². The molecule has 0 saturated heterocycles. The highest BCUT2D eigenvalue weighted by molar-refractivity contribution is 7.99. The van der Waals surface area contributed by atoms with E-state index in [2.05, 4.69) is 45.0 Å². The van der Waals surface area contributed by atoms with E-state index in [0.717, 1.165) is 34.7 Å². The van der Waals surface area contributed by atoms with Gasteiger partial charge >= 0.3 is 0 Å². The number of rotatable bonds is 7. The van der Waals surface area contributed by atoms with Gasteiger partial charge in [0.15, 0.2) is 5.16 Å². The number of carbonyl (C=O) groups is 1. The van der Waals surface area contributed by atoms with Crippen LogP contribution in [0, 0.1) is 0 Å². The van der Waals surface area contributed by atoms with Gasteiger partial charge in [0.2, 0.25) is 5.91 Å². The third-order valence-corrected chi connectivity index (χ3v) is 5.64. The molecule has 4 aromatic rings. The van der Waals surface area contributed by atoms with Crippen molar-refractivity contribution in [2.24, 2.45) is 0 Å². The lowest BCUT2D eigenvalue weighted by Gasteiger charge is -2.07. The number of nitrogens with zero attached hydrogens (tertiary/aromatic N) is 2. The van der Waals surface area contributed by atoms with E-state index >= 15 is 0 Å². The number of thioether (sulfide) groups is 1. The van der Waals surface area contributed by atoms with Crippen molar-refractivity contribution in [2.45, 2.75) is 25.0 Å². The van der Waals surface area contributed by atoms with Gasteiger partial charge in [-0.05, 0) is 37.1 Å². The normalized spacial score (nSPS) is 11.3. The lowest BCUT2D eigenvalue weighted by molar-refractivity contribution is -0.118. The van der Waals surface area contributed by atoms with Gasteiger partial charge in [0.05, 0.1) is 16.8 Å². The van der Waals surface area contributed by atoms with Crippen molar-refractivity contribution in [1.29, 1.82) is 0 Å². The quantitative estimate of drug-likeness (QED) is 0.478. The summed E-state index contributed by atoms with van der Waals surface area (Å²) in [7, 11) is 0. The van der Waals surface area contributed by atoms with Crippen LogP contribution in [0.15, 0.2) is 59.9 Å². The number of aromatic nitrogens is 3. The summed E-state index contributed by atoms with van der Waals surface area (Å²) in [5.41, 5.74) is 4.45. The fourth-order valence-corrected chi connectivity index (χ4v) is 4.23. The Labute approximate surface area is 162 Å². The molecule has 1 amide bonds. The zero-order valence-electron chi connectivity index (χ0n) is 15.2. The molecule has 138 valence electrons. The lowest BCUT2D eigenvalue weighted by Crippen LogP contribution is -2.27. The van der Waals surface area contributed by atoms with Crippen LogP contribution >= 0.6 is 11.8 Å². The molecule has 0 aliphatic heterocycles. The van der Waals surface area contributed by atoms with Gasteiger partial charge in [-0.25, -0.2) is 4.98 Å². The van der Waals surface area contributed by atoms with Gasteiger partial charge in [-0.2, -0.15) is 0 Å². The van der Waals surface area contributed by atoms with Gasteiger partial charge in [-0.3, -0.25) is 4.79 Å². The molecule has 2 heterocycles. The number of nitrogens with one attached hydrogen (secondary N) is 2. The molecular formula is C21H22N4OS. The summed E-state index contributed by atoms with van der Waals surface area (Å²) < 4.78 is 2.15. The molecule has 0 saturated carbocycles. The zero-order valence-corrected chi connectivity index (χ0v) is 16.1. The molecule has 0 aliphatic rings. The fraction of sp³-hybridized carbons (Fsp3) is 0.238. The number of aryl methyl sites for hydroxylation is 1. The number of imidazole rings is 1. The minimum atomic E-state index is 0.0366. The number of fused-ring (bicyclic) bond motifs is 2. The predicted octanol–water partition coefficient (Wildman–Crippen LogP) is 3.99. The van der Waals surface area contributed by atoms with Crippen LogP contribution in [0.1, 0.15) is 12.5 Å². The van der Waals surface area contributed by atoms with Gasteiger partial charge in [0.25, 0.3) is 0 Å². The monoisotopic (exact) mass is 378 g/mol. The van der Waals surface area contributed by atoms with Crippen LogP contribution in [-0.2, 0) is 17.8 Å². The van der Waals surface area contributed by atoms with Crippen molar-refractivity contribution in [2.75, 3.05) is 12.3 Å². The van der Waals surface area contributed by atoms with Crippen LogP contribution in [0.3, 0.4) is 0 Å². The Bertz CT molecular complexity index is 1080. The summed E-state index contributed by atoms with van der Waals surface area (Å²) in [6, 6.07) is 16.3.